The molecule has 0 spiro atoms. The molecule has 1 aromatic rings. The Hall–Kier alpha value is -1.78. The third-order valence-corrected chi connectivity index (χ3v) is 3.29. The van der Waals surface area contributed by atoms with Crippen LogP contribution in [0.2, 0.25) is 0 Å². The van der Waals surface area contributed by atoms with E-state index in [1.165, 1.54) is 14.1 Å². The van der Waals surface area contributed by atoms with Crippen molar-refractivity contribution in [3.63, 3.8) is 0 Å². The molecule has 5 nitrogen and oxygen atoms in total. The third-order valence-electron chi connectivity index (χ3n) is 3.29. The lowest BCUT2D eigenvalue weighted by molar-refractivity contribution is 0.397. The van der Waals surface area contributed by atoms with E-state index in [1.807, 2.05) is 12.2 Å². The zero-order valence-corrected chi connectivity index (χ0v) is 10.0. The van der Waals surface area contributed by atoms with Crippen molar-refractivity contribution in [2.45, 2.75) is 25.2 Å². The van der Waals surface area contributed by atoms with E-state index in [2.05, 4.69) is 0 Å². The van der Waals surface area contributed by atoms with Gasteiger partial charge in [0.15, 0.2) is 0 Å². The van der Waals surface area contributed by atoms with Gasteiger partial charge in [-0.25, -0.2) is 4.79 Å². The van der Waals surface area contributed by atoms with Gasteiger partial charge in [-0.15, -0.1) is 0 Å². The molecule has 1 N–H and O–H groups in total. The Bertz CT molecular complexity index is 581. The van der Waals surface area contributed by atoms with Crippen LogP contribution < -0.4 is 11.2 Å². The zero-order chi connectivity index (χ0) is 12.6. The molecule has 1 heterocycles. The molecule has 0 saturated carbocycles. The van der Waals surface area contributed by atoms with E-state index in [-0.39, 0.29) is 11.8 Å². The fraction of sp³-hybridized carbons (Fsp3) is 0.500. The Kier molecular flexibility index (Phi) is 2.92. The third kappa shape index (κ3) is 1.81. The topological polar surface area (TPSA) is 64.2 Å². The minimum atomic E-state index is -0.504. The summed E-state index contributed by atoms with van der Waals surface area (Å²) in [7, 11) is 2.90. The van der Waals surface area contributed by atoms with E-state index >= 15 is 0 Å². The first kappa shape index (κ1) is 11.7. The number of hydrogen-bond acceptors (Lipinski definition) is 3. The molecule has 0 aromatic carbocycles. The largest absolute Gasteiger partial charge is 0.494 e. The Balaban J connectivity index is 2.69. The Labute approximate surface area is 98.6 Å². The SMILES string of the molecule is Cn1c(O)c(C2C=CCCC2)c(=O)n(C)c1=O. The van der Waals surface area contributed by atoms with E-state index in [1.54, 1.807) is 0 Å². The average molecular weight is 236 g/mol. The highest BCUT2D eigenvalue weighted by Gasteiger charge is 2.22. The zero-order valence-electron chi connectivity index (χ0n) is 10.0. The van der Waals surface area contributed by atoms with Crippen molar-refractivity contribution in [1.82, 2.24) is 9.13 Å². The molecule has 5 heteroatoms. The molecule has 0 amide bonds. The normalized spacial score (nSPS) is 19.5. The number of hydrogen-bond donors (Lipinski definition) is 1. The van der Waals surface area contributed by atoms with Crippen molar-refractivity contribution in [1.29, 1.82) is 0 Å². The quantitative estimate of drug-likeness (QED) is 0.727. The van der Waals surface area contributed by atoms with Crippen LogP contribution in [0.1, 0.15) is 30.7 Å². The van der Waals surface area contributed by atoms with Gasteiger partial charge in [-0.3, -0.25) is 13.9 Å². The average Bonchev–Trinajstić information content (AvgIpc) is 2.36. The molecule has 0 fully saturated rings. The lowest BCUT2D eigenvalue weighted by atomic mass is 9.90. The Morgan fingerprint density at radius 2 is 2.00 bits per heavy atom. The highest BCUT2D eigenvalue weighted by molar-refractivity contribution is 5.31. The van der Waals surface area contributed by atoms with Crippen LogP contribution in [-0.2, 0) is 14.1 Å². The first-order valence-corrected chi connectivity index (χ1v) is 5.69. The second-order valence-corrected chi connectivity index (χ2v) is 4.41. The highest BCUT2D eigenvalue weighted by atomic mass is 16.3. The van der Waals surface area contributed by atoms with Gasteiger partial charge in [-0.2, -0.15) is 0 Å². The second kappa shape index (κ2) is 4.24. The maximum absolute atomic E-state index is 12.0. The van der Waals surface area contributed by atoms with Crippen LogP contribution in [0.25, 0.3) is 0 Å². The summed E-state index contributed by atoms with van der Waals surface area (Å²) in [5.41, 5.74) is -0.580. The van der Waals surface area contributed by atoms with E-state index in [0.29, 0.717) is 5.56 Å². The van der Waals surface area contributed by atoms with Gasteiger partial charge in [0.25, 0.3) is 5.56 Å². The van der Waals surface area contributed by atoms with Crippen LogP contribution in [0.5, 0.6) is 5.88 Å². The number of nitrogens with zero attached hydrogens (tertiary/aromatic N) is 2. The van der Waals surface area contributed by atoms with Gasteiger partial charge >= 0.3 is 5.69 Å². The second-order valence-electron chi connectivity index (χ2n) is 4.41. The maximum atomic E-state index is 12.0. The molecule has 1 unspecified atom stereocenters. The predicted octanol–water partition coefficient (Wildman–Crippen LogP) is 0.613. The monoisotopic (exact) mass is 236 g/mol. The molecule has 17 heavy (non-hydrogen) atoms. The summed E-state index contributed by atoms with van der Waals surface area (Å²) < 4.78 is 2.15. The van der Waals surface area contributed by atoms with Gasteiger partial charge in [-0.05, 0) is 19.3 Å². The van der Waals surface area contributed by atoms with Gasteiger partial charge in [0.1, 0.15) is 0 Å². The lowest BCUT2D eigenvalue weighted by Gasteiger charge is -2.18. The molecule has 1 aliphatic carbocycles. The Morgan fingerprint density at radius 3 is 2.59 bits per heavy atom. The summed E-state index contributed by atoms with van der Waals surface area (Å²) in [4.78, 5) is 23.6. The molecule has 0 aliphatic heterocycles. The minimum absolute atomic E-state index is 0.0887. The molecule has 1 aliphatic rings. The van der Waals surface area contributed by atoms with Crippen molar-refractivity contribution in [3.8, 4) is 5.88 Å². The van der Waals surface area contributed by atoms with Crippen LogP contribution in [0.4, 0.5) is 0 Å². The molecule has 1 aromatic heterocycles. The van der Waals surface area contributed by atoms with E-state index in [4.69, 9.17) is 0 Å². The molecule has 0 bridgehead atoms. The molecular weight excluding hydrogens is 220 g/mol. The summed E-state index contributed by atoms with van der Waals surface area (Å²) in [6.45, 7) is 0. The fourth-order valence-electron chi connectivity index (χ4n) is 2.24. The van der Waals surface area contributed by atoms with Crippen LogP contribution in [0.15, 0.2) is 21.7 Å². The summed E-state index contributed by atoms with van der Waals surface area (Å²) in [6, 6.07) is 0. The number of aromatic nitrogens is 2. The number of allylic oxidation sites excluding steroid dienone is 2. The van der Waals surface area contributed by atoms with Gasteiger partial charge in [0, 0.05) is 20.0 Å². The van der Waals surface area contributed by atoms with E-state index in [0.717, 1.165) is 28.4 Å². The Morgan fingerprint density at radius 1 is 1.29 bits per heavy atom. The smallest absolute Gasteiger partial charge is 0.333 e. The number of aromatic hydroxyl groups is 1. The molecular formula is C12H16N2O3. The standard InChI is InChI=1S/C12H16N2O3/c1-13-10(15)9(8-6-4-3-5-7-8)11(16)14(2)12(13)17/h4,6,8,15H,3,5,7H2,1-2H3. The molecule has 0 saturated heterocycles. The highest BCUT2D eigenvalue weighted by Crippen LogP contribution is 2.29. The van der Waals surface area contributed by atoms with Crippen LogP contribution in [-0.4, -0.2) is 14.2 Å². The fourth-order valence-corrected chi connectivity index (χ4v) is 2.24. The van der Waals surface area contributed by atoms with E-state index in [9.17, 15) is 14.7 Å². The van der Waals surface area contributed by atoms with Gasteiger partial charge < -0.3 is 5.11 Å². The number of rotatable bonds is 1. The first-order chi connectivity index (χ1) is 8.04. The summed E-state index contributed by atoms with van der Waals surface area (Å²) in [5, 5.41) is 9.95. The molecule has 92 valence electrons. The predicted molar refractivity (Wildman–Crippen MR) is 64.3 cm³/mol. The molecule has 1 atom stereocenters. The van der Waals surface area contributed by atoms with Crippen LogP contribution >= 0.6 is 0 Å². The lowest BCUT2D eigenvalue weighted by Crippen LogP contribution is -2.39. The van der Waals surface area contributed by atoms with Crippen molar-refractivity contribution < 1.29 is 5.11 Å². The van der Waals surface area contributed by atoms with Crippen molar-refractivity contribution >= 4 is 0 Å². The summed E-state index contributed by atoms with van der Waals surface area (Å²) >= 11 is 0. The molecule has 0 radical (unpaired) electrons. The van der Waals surface area contributed by atoms with Crippen molar-refractivity contribution in [2.75, 3.05) is 0 Å². The van der Waals surface area contributed by atoms with Gasteiger partial charge in [0.05, 0.1) is 5.56 Å². The maximum Gasteiger partial charge on any atom is 0.333 e. The van der Waals surface area contributed by atoms with E-state index < -0.39 is 11.2 Å². The van der Waals surface area contributed by atoms with Crippen molar-refractivity contribution in [2.24, 2.45) is 14.1 Å². The summed E-state index contributed by atoms with van der Waals surface area (Å²) in [5.74, 6) is -0.302. The minimum Gasteiger partial charge on any atom is -0.494 e. The van der Waals surface area contributed by atoms with Crippen LogP contribution in [0, 0.1) is 0 Å². The first-order valence-electron chi connectivity index (χ1n) is 5.69. The molecule has 2 rings (SSSR count). The van der Waals surface area contributed by atoms with Crippen LogP contribution in [0.3, 0.4) is 0 Å². The van der Waals surface area contributed by atoms with Gasteiger partial charge in [0.2, 0.25) is 5.88 Å². The summed E-state index contributed by atoms with van der Waals surface area (Å²) in [6.07, 6.45) is 6.77. The van der Waals surface area contributed by atoms with Gasteiger partial charge in [-0.1, -0.05) is 12.2 Å². The van der Waals surface area contributed by atoms with Crippen molar-refractivity contribution in [3.05, 3.63) is 38.6 Å².